The summed E-state index contributed by atoms with van der Waals surface area (Å²) in [5.74, 6) is 0. The largest absolute Gasteiger partial charge is 0.0622 e. The minimum absolute atomic E-state index is 1.11. The summed E-state index contributed by atoms with van der Waals surface area (Å²) in [6.45, 7) is 0. The van der Waals surface area contributed by atoms with E-state index in [0.29, 0.717) is 0 Å². The number of hydrogen-bond acceptors (Lipinski definition) is 0. The van der Waals surface area contributed by atoms with Gasteiger partial charge in [-0.2, -0.15) is 0 Å². The summed E-state index contributed by atoms with van der Waals surface area (Å²) < 4.78 is 1.11. The molecule has 0 nitrogen and oxygen atoms in total. The van der Waals surface area contributed by atoms with Crippen molar-refractivity contribution in [1.82, 2.24) is 0 Å². The molecule has 0 saturated carbocycles. The molecule has 0 radical (unpaired) electrons. The molecule has 0 amide bonds. The monoisotopic (exact) mass is 308 g/mol. The summed E-state index contributed by atoms with van der Waals surface area (Å²) in [4.78, 5) is 0. The van der Waals surface area contributed by atoms with Crippen molar-refractivity contribution in [2.75, 3.05) is 0 Å². The Morgan fingerprint density at radius 2 is 1.00 bits per heavy atom. The fraction of sp³-hybridized carbons (Fsp3) is 0. The number of hydrogen-bond donors (Lipinski definition) is 0. The zero-order valence-electron chi connectivity index (χ0n) is 10.4. The van der Waals surface area contributed by atoms with Crippen LogP contribution in [0, 0.1) is 0 Å². The lowest BCUT2D eigenvalue weighted by Crippen LogP contribution is -1.80. The van der Waals surface area contributed by atoms with Gasteiger partial charge in [-0.05, 0) is 34.4 Å². The fourth-order valence-electron chi connectivity index (χ4n) is 2.15. The van der Waals surface area contributed by atoms with Gasteiger partial charge in [-0.3, -0.25) is 0 Å². The summed E-state index contributed by atoms with van der Waals surface area (Å²) in [7, 11) is 0. The second-order valence-electron chi connectivity index (χ2n) is 4.45. The first-order valence-electron chi connectivity index (χ1n) is 6.24. The van der Waals surface area contributed by atoms with Crippen LogP contribution in [0.25, 0.3) is 22.3 Å². The second kappa shape index (κ2) is 5.41. The molecule has 19 heavy (non-hydrogen) atoms. The van der Waals surface area contributed by atoms with Crippen LogP contribution < -0.4 is 0 Å². The fourth-order valence-corrected chi connectivity index (χ4v) is 2.55. The predicted molar refractivity (Wildman–Crippen MR) is 85.0 cm³/mol. The van der Waals surface area contributed by atoms with E-state index in [1.807, 2.05) is 12.1 Å². The average molecular weight is 309 g/mol. The van der Waals surface area contributed by atoms with Crippen molar-refractivity contribution in [2.24, 2.45) is 0 Å². The van der Waals surface area contributed by atoms with Crippen LogP contribution in [0.4, 0.5) is 0 Å². The lowest BCUT2D eigenvalue weighted by atomic mass is 10.0. The van der Waals surface area contributed by atoms with Crippen molar-refractivity contribution in [1.29, 1.82) is 0 Å². The third-order valence-corrected chi connectivity index (χ3v) is 3.64. The maximum atomic E-state index is 3.51. The van der Waals surface area contributed by atoms with Crippen LogP contribution in [0.2, 0.25) is 0 Å². The van der Waals surface area contributed by atoms with Crippen molar-refractivity contribution < 1.29 is 0 Å². The molecule has 92 valence electrons. The SMILES string of the molecule is Brc1cccc(-c2ccc(-c3ccccc3)cc2)c1. The molecule has 0 spiro atoms. The molecule has 0 aliphatic heterocycles. The van der Waals surface area contributed by atoms with Crippen LogP contribution in [-0.4, -0.2) is 0 Å². The van der Waals surface area contributed by atoms with E-state index in [1.54, 1.807) is 0 Å². The maximum absolute atomic E-state index is 3.51. The summed E-state index contributed by atoms with van der Waals surface area (Å²) in [6, 6.07) is 27.5. The number of halogens is 1. The zero-order chi connectivity index (χ0) is 13.1. The Hall–Kier alpha value is -1.86. The topological polar surface area (TPSA) is 0 Å². The van der Waals surface area contributed by atoms with Crippen molar-refractivity contribution in [3.63, 3.8) is 0 Å². The average Bonchev–Trinajstić information content (AvgIpc) is 2.48. The Bertz CT molecular complexity index is 670. The van der Waals surface area contributed by atoms with E-state index in [1.165, 1.54) is 22.3 Å². The van der Waals surface area contributed by atoms with Crippen molar-refractivity contribution in [2.45, 2.75) is 0 Å². The Kier molecular flexibility index (Phi) is 3.47. The molecule has 0 fully saturated rings. The van der Waals surface area contributed by atoms with Gasteiger partial charge in [0, 0.05) is 4.47 Å². The minimum atomic E-state index is 1.11. The molecule has 0 atom stereocenters. The van der Waals surface area contributed by atoms with E-state index in [4.69, 9.17) is 0 Å². The van der Waals surface area contributed by atoms with Crippen LogP contribution in [-0.2, 0) is 0 Å². The zero-order valence-corrected chi connectivity index (χ0v) is 12.0. The third-order valence-electron chi connectivity index (χ3n) is 3.15. The summed E-state index contributed by atoms with van der Waals surface area (Å²) >= 11 is 3.51. The molecule has 0 aliphatic rings. The quantitative estimate of drug-likeness (QED) is 0.562. The van der Waals surface area contributed by atoms with Crippen LogP contribution in [0.5, 0.6) is 0 Å². The van der Waals surface area contributed by atoms with E-state index in [9.17, 15) is 0 Å². The molecule has 3 rings (SSSR count). The highest BCUT2D eigenvalue weighted by molar-refractivity contribution is 9.10. The molecule has 3 aromatic rings. The molecule has 1 heteroatoms. The van der Waals surface area contributed by atoms with Crippen molar-refractivity contribution in [3.8, 4) is 22.3 Å². The molecule has 0 unspecified atom stereocenters. The minimum Gasteiger partial charge on any atom is -0.0622 e. The highest BCUT2D eigenvalue weighted by Gasteiger charge is 2.00. The lowest BCUT2D eigenvalue weighted by Gasteiger charge is -2.05. The Balaban J connectivity index is 1.95. The molecule has 0 saturated heterocycles. The van der Waals surface area contributed by atoms with Crippen LogP contribution in [0.15, 0.2) is 83.3 Å². The van der Waals surface area contributed by atoms with Crippen LogP contribution in [0.3, 0.4) is 0 Å². The smallest absolute Gasteiger partial charge is 0.0181 e. The van der Waals surface area contributed by atoms with Gasteiger partial charge in [0.1, 0.15) is 0 Å². The summed E-state index contributed by atoms with van der Waals surface area (Å²) in [5.41, 5.74) is 4.97. The molecular weight excluding hydrogens is 296 g/mol. The first-order valence-corrected chi connectivity index (χ1v) is 7.04. The Morgan fingerprint density at radius 3 is 1.63 bits per heavy atom. The molecule has 3 aromatic carbocycles. The van der Waals surface area contributed by atoms with Gasteiger partial charge >= 0.3 is 0 Å². The first-order chi connectivity index (χ1) is 9.33. The lowest BCUT2D eigenvalue weighted by molar-refractivity contribution is 1.57. The van der Waals surface area contributed by atoms with Gasteiger partial charge in [-0.1, -0.05) is 82.7 Å². The number of rotatable bonds is 2. The molecule has 0 heterocycles. The van der Waals surface area contributed by atoms with Gasteiger partial charge in [0.05, 0.1) is 0 Å². The summed E-state index contributed by atoms with van der Waals surface area (Å²) in [5, 5.41) is 0. The van der Waals surface area contributed by atoms with E-state index >= 15 is 0 Å². The highest BCUT2D eigenvalue weighted by atomic mass is 79.9. The van der Waals surface area contributed by atoms with E-state index in [-0.39, 0.29) is 0 Å². The van der Waals surface area contributed by atoms with Gasteiger partial charge < -0.3 is 0 Å². The van der Waals surface area contributed by atoms with Crippen LogP contribution in [0.1, 0.15) is 0 Å². The molecule has 0 aliphatic carbocycles. The molecule has 0 bridgehead atoms. The predicted octanol–water partition coefficient (Wildman–Crippen LogP) is 5.78. The second-order valence-corrected chi connectivity index (χ2v) is 5.37. The van der Waals surface area contributed by atoms with Crippen molar-refractivity contribution in [3.05, 3.63) is 83.3 Å². The standard InChI is InChI=1S/C18H13Br/c19-18-8-4-7-17(13-18)16-11-9-15(10-12-16)14-5-2-1-3-6-14/h1-13H. The van der Waals surface area contributed by atoms with Crippen LogP contribution >= 0.6 is 15.9 Å². The van der Waals surface area contributed by atoms with Gasteiger partial charge in [0.25, 0.3) is 0 Å². The highest BCUT2D eigenvalue weighted by Crippen LogP contribution is 2.26. The van der Waals surface area contributed by atoms with E-state index < -0.39 is 0 Å². The third kappa shape index (κ3) is 2.77. The Labute approximate surface area is 121 Å². The normalized spacial score (nSPS) is 10.4. The molecule has 0 aromatic heterocycles. The van der Waals surface area contributed by atoms with Gasteiger partial charge in [0.2, 0.25) is 0 Å². The first kappa shape index (κ1) is 12.2. The number of benzene rings is 3. The molecule has 0 N–H and O–H groups in total. The van der Waals surface area contributed by atoms with E-state index in [0.717, 1.165) is 4.47 Å². The van der Waals surface area contributed by atoms with E-state index in [2.05, 4.69) is 82.7 Å². The summed E-state index contributed by atoms with van der Waals surface area (Å²) in [6.07, 6.45) is 0. The maximum Gasteiger partial charge on any atom is 0.0181 e. The van der Waals surface area contributed by atoms with Gasteiger partial charge in [-0.25, -0.2) is 0 Å². The van der Waals surface area contributed by atoms with Crippen molar-refractivity contribution >= 4 is 15.9 Å². The molecular formula is C18H13Br. The Morgan fingerprint density at radius 1 is 0.474 bits per heavy atom. The van der Waals surface area contributed by atoms with Gasteiger partial charge in [-0.15, -0.1) is 0 Å². The van der Waals surface area contributed by atoms with Gasteiger partial charge in [0.15, 0.2) is 0 Å².